The van der Waals surface area contributed by atoms with Gasteiger partial charge in [-0.3, -0.25) is 14.6 Å². The van der Waals surface area contributed by atoms with Gasteiger partial charge in [-0.2, -0.15) is 0 Å². The van der Waals surface area contributed by atoms with E-state index in [1.165, 1.54) is 0 Å². The normalized spacial score (nSPS) is 23.4. The molecule has 5 rings (SSSR count). The third-order valence-corrected chi connectivity index (χ3v) is 8.44. The molecule has 4 unspecified atom stereocenters. The third kappa shape index (κ3) is 4.74. The van der Waals surface area contributed by atoms with Gasteiger partial charge in [0, 0.05) is 30.5 Å². The van der Waals surface area contributed by atoms with Crippen LogP contribution in [0, 0.1) is 38.5 Å². The van der Waals surface area contributed by atoms with E-state index in [-0.39, 0.29) is 17.9 Å². The number of aromatic nitrogens is 2. The van der Waals surface area contributed by atoms with Crippen LogP contribution in [0.2, 0.25) is 0 Å². The number of nitrogens with zero attached hydrogens (tertiary/aromatic N) is 3. The molecule has 0 bridgehead atoms. The maximum absolute atomic E-state index is 14.0. The summed E-state index contributed by atoms with van der Waals surface area (Å²) in [6.07, 6.45) is 3.87. The first kappa shape index (κ1) is 23.7. The second kappa shape index (κ2) is 9.53. The van der Waals surface area contributed by atoms with Crippen LogP contribution in [0.5, 0.6) is 0 Å². The second-order valence-corrected chi connectivity index (χ2v) is 11.4. The zero-order chi connectivity index (χ0) is 24.7. The molecule has 0 spiro atoms. The predicted molar refractivity (Wildman–Crippen MR) is 139 cm³/mol. The summed E-state index contributed by atoms with van der Waals surface area (Å²) >= 11 is 1.57. The standard InChI is InChI=1S/C28H32N4O2S/c1-16-6-5-7-20(10-16)26-25(31-19(4)35-26)28(34)32-15-22-11-17(2)12-23(22)24(32)14-30-27(33)21-8-9-29-18(3)13-21/h5-10,13,17,22-24H,11-12,14-15H2,1-4H3,(H,30,33). The summed E-state index contributed by atoms with van der Waals surface area (Å²) in [5.74, 6) is 1.37. The van der Waals surface area contributed by atoms with Crippen molar-refractivity contribution in [2.45, 2.75) is 46.6 Å². The molecule has 7 heteroatoms. The molecule has 4 atom stereocenters. The molecule has 1 aromatic carbocycles. The Morgan fingerprint density at radius 3 is 2.74 bits per heavy atom. The molecule has 1 aliphatic carbocycles. The summed E-state index contributed by atoms with van der Waals surface area (Å²) in [7, 11) is 0. The van der Waals surface area contributed by atoms with E-state index in [1.807, 2.05) is 30.9 Å². The van der Waals surface area contributed by atoms with Gasteiger partial charge in [-0.15, -0.1) is 11.3 Å². The van der Waals surface area contributed by atoms with E-state index < -0.39 is 0 Å². The lowest BCUT2D eigenvalue weighted by Gasteiger charge is -2.28. The number of pyridine rings is 1. The van der Waals surface area contributed by atoms with Crippen molar-refractivity contribution in [1.82, 2.24) is 20.2 Å². The van der Waals surface area contributed by atoms with Crippen LogP contribution < -0.4 is 5.32 Å². The van der Waals surface area contributed by atoms with Gasteiger partial charge in [0.25, 0.3) is 11.8 Å². The quantitative estimate of drug-likeness (QED) is 0.546. The molecule has 1 saturated heterocycles. The minimum absolute atomic E-state index is 0.0214. The Hall–Kier alpha value is -3.06. The van der Waals surface area contributed by atoms with Gasteiger partial charge >= 0.3 is 0 Å². The summed E-state index contributed by atoms with van der Waals surface area (Å²) in [4.78, 5) is 38.6. The Kier molecular flexibility index (Phi) is 6.45. The number of nitrogens with one attached hydrogen (secondary N) is 1. The van der Waals surface area contributed by atoms with E-state index in [0.29, 0.717) is 35.6 Å². The van der Waals surface area contributed by atoms with E-state index in [4.69, 9.17) is 4.98 Å². The number of amides is 2. The first-order valence-electron chi connectivity index (χ1n) is 12.4. The van der Waals surface area contributed by atoms with E-state index >= 15 is 0 Å². The molecule has 3 heterocycles. The fraction of sp³-hybridized carbons (Fsp3) is 0.429. The lowest BCUT2D eigenvalue weighted by Crippen LogP contribution is -2.46. The van der Waals surface area contributed by atoms with Gasteiger partial charge in [0.2, 0.25) is 0 Å². The number of rotatable bonds is 5. The molecule has 2 aromatic heterocycles. The van der Waals surface area contributed by atoms with Gasteiger partial charge in [-0.1, -0.05) is 36.8 Å². The van der Waals surface area contributed by atoms with Gasteiger partial charge < -0.3 is 10.2 Å². The monoisotopic (exact) mass is 488 g/mol. The van der Waals surface area contributed by atoms with Crippen molar-refractivity contribution in [3.63, 3.8) is 0 Å². The van der Waals surface area contributed by atoms with Crippen LogP contribution in [0.25, 0.3) is 10.4 Å². The van der Waals surface area contributed by atoms with Crippen molar-refractivity contribution in [2.75, 3.05) is 13.1 Å². The van der Waals surface area contributed by atoms with Gasteiger partial charge in [0.1, 0.15) is 5.69 Å². The van der Waals surface area contributed by atoms with E-state index in [0.717, 1.165) is 46.1 Å². The molecule has 0 radical (unpaired) electrons. The SMILES string of the molecule is Cc1cccc(-c2sc(C)nc2C(=O)N2CC3CC(C)CC3C2CNC(=O)c2ccnc(C)c2)c1. The Bertz CT molecular complexity index is 1270. The summed E-state index contributed by atoms with van der Waals surface area (Å²) in [6, 6.07) is 11.7. The Balaban J connectivity index is 1.41. The fourth-order valence-corrected chi connectivity index (χ4v) is 6.82. The van der Waals surface area contributed by atoms with Gasteiger partial charge in [0.05, 0.1) is 15.9 Å². The lowest BCUT2D eigenvalue weighted by atomic mass is 9.93. The number of hydrogen-bond donors (Lipinski definition) is 1. The van der Waals surface area contributed by atoms with Crippen LogP contribution in [0.4, 0.5) is 0 Å². The fourth-order valence-electron chi connectivity index (χ4n) is 5.92. The first-order valence-corrected chi connectivity index (χ1v) is 13.2. The van der Waals surface area contributed by atoms with Crippen molar-refractivity contribution in [3.8, 4) is 10.4 Å². The number of hydrogen-bond acceptors (Lipinski definition) is 5. The number of carbonyl (C=O) groups excluding carboxylic acids is 2. The molecule has 182 valence electrons. The highest BCUT2D eigenvalue weighted by atomic mass is 32.1. The van der Waals surface area contributed by atoms with Crippen LogP contribution in [0.15, 0.2) is 42.6 Å². The first-order chi connectivity index (χ1) is 16.8. The maximum Gasteiger partial charge on any atom is 0.274 e. The van der Waals surface area contributed by atoms with Crippen LogP contribution in [0.3, 0.4) is 0 Å². The van der Waals surface area contributed by atoms with Crippen molar-refractivity contribution < 1.29 is 9.59 Å². The minimum atomic E-state index is -0.123. The van der Waals surface area contributed by atoms with Crippen LogP contribution in [0.1, 0.15) is 56.9 Å². The minimum Gasteiger partial charge on any atom is -0.350 e. The van der Waals surface area contributed by atoms with Crippen molar-refractivity contribution in [1.29, 1.82) is 0 Å². The number of benzene rings is 1. The van der Waals surface area contributed by atoms with Crippen LogP contribution >= 0.6 is 11.3 Å². The number of likely N-dealkylation sites (tertiary alicyclic amines) is 1. The zero-order valence-electron chi connectivity index (χ0n) is 20.7. The van der Waals surface area contributed by atoms with E-state index in [1.54, 1.807) is 29.7 Å². The van der Waals surface area contributed by atoms with E-state index in [2.05, 4.69) is 36.3 Å². The molecular formula is C28H32N4O2S. The van der Waals surface area contributed by atoms with Crippen molar-refractivity contribution >= 4 is 23.2 Å². The van der Waals surface area contributed by atoms with Crippen LogP contribution in [-0.2, 0) is 0 Å². The Labute approximate surface area is 210 Å². The average molecular weight is 489 g/mol. The highest BCUT2D eigenvalue weighted by Gasteiger charge is 2.48. The van der Waals surface area contributed by atoms with Gasteiger partial charge in [-0.05, 0) is 69.1 Å². The van der Waals surface area contributed by atoms with Gasteiger partial charge in [0.15, 0.2) is 0 Å². The average Bonchev–Trinajstić information content (AvgIpc) is 3.49. The summed E-state index contributed by atoms with van der Waals surface area (Å²) in [5.41, 5.74) is 4.13. The summed E-state index contributed by atoms with van der Waals surface area (Å²) in [6.45, 7) is 9.36. The maximum atomic E-state index is 14.0. The highest BCUT2D eigenvalue weighted by molar-refractivity contribution is 7.15. The third-order valence-electron chi connectivity index (χ3n) is 7.42. The number of aryl methyl sites for hydroxylation is 3. The number of carbonyl (C=O) groups is 2. The number of thiazole rings is 1. The molecule has 2 aliphatic rings. The molecule has 1 N–H and O–H groups in total. The van der Waals surface area contributed by atoms with Crippen LogP contribution in [-0.4, -0.2) is 45.8 Å². The molecule has 35 heavy (non-hydrogen) atoms. The highest BCUT2D eigenvalue weighted by Crippen LogP contribution is 2.45. The van der Waals surface area contributed by atoms with Crippen molar-refractivity contribution in [2.24, 2.45) is 17.8 Å². The summed E-state index contributed by atoms with van der Waals surface area (Å²) in [5, 5.41) is 4.00. The van der Waals surface area contributed by atoms with Crippen molar-refractivity contribution in [3.05, 3.63) is 70.1 Å². The lowest BCUT2D eigenvalue weighted by molar-refractivity contribution is 0.0692. The second-order valence-electron chi connectivity index (χ2n) is 10.2. The molecule has 3 aromatic rings. The predicted octanol–water partition coefficient (Wildman–Crippen LogP) is 5.05. The number of fused-ring (bicyclic) bond motifs is 1. The Morgan fingerprint density at radius 2 is 1.97 bits per heavy atom. The molecular weight excluding hydrogens is 456 g/mol. The van der Waals surface area contributed by atoms with Gasteiger partial charge in [-0.25, -0.2) is 4.98 Å². The Morgan fingerprint density at radius 1 is 1.14 bits per heavy atom. The largest absolute Gasteiger partial charge is 0.350 e. The summed E-state index contributed by atoms with van der Waals surface area (Å²) < 4.78 is 0. The molecule has 2 fully saturated rings. The zero-order valence-corrected chi connectivity index (χ0v) is 21.6. The molecule has 6 nitrogen and oxygen atoms in total. The molecule has 1 aliphatic heterocycles. The molecule has 1 saturated carbocycles. The topological polar surface area (TPSA) is 75.2 Å². The smallest absolute Gasteiger partial charge is 0.274 e. The van der Waals surface area contributed by atoms with E-state index in [9.17, 15) is 9.59 Å². The molecule has 2 amide bonds.